The van der Waals surface area contributed by atoms with Gasteiger partial charge in [-0.2, -0.15) is 0 Å². The topological polar surface area (TPSA) is 71.0 Å². The third-order valence-corrected chi connectivity index (χ3v) is 4.01. The molecule has 0 aliphatic carbocycles. The third kappa shape index (κ3) is 4.03. The van der Waals surface area contributed by atoms with Crippen molar-refractivity contribution >= 4 is 11.7 Å². The summed E-state index contributed by atoms with van der Waals surface area (Å²) in [6, 6.07) is 7.47. The first-order valence-corrected chi connectivity index (χ1v) is 7.97. The molecule has 2 aromatic rings. The van der Waals surface area contributed by atoms with Crippen molar-refractivity contribution in [1.82, 2.24) is 19.9 Å². The fourth-order valence-electron chi connectivity index (χ4n) is 2.79. The molecule has 1 atom stereocenters. The highest BCUT2D eigenvalue weighted by Crippen LogP contribution is 2.18. The normalized spacial score (nSPS) is 17.8. The lowest BCUT2D eigenvalue weighted by molar-refractivity contribution is 0.0677. The van der Waals surface area contributed by atoms with Crippen LogP contribution in [0.25, 0.3) is 0 Å². The molecular formula is C17H21N5O. The first-order valence-electron chi connectivity index (χ1n) is 7.97. The van der Waals surface area contributed by atoms with E-state index in [0.717, 1.165) is 25.2 Å². The summed E-state index contributed by atoms with van der Waals surface area (Å²) in [4.78, 5) is 27.0. The van der Waals surface area contributed by atoms with Crippen LogP contribution in [0.2, 0.25) is 0 Å². The number of aromatic nitrogens is 3. The van der Waals surface area contributed by atoms with Crippen molar-refractivity contribution in [2.45, 2.75) is 26.3 Å². The van der Waals surface area contributed by atoms with E-state index >= 15 is 0 Å². The number of nitrogens with one attached hydrogen (secondary N) is 1. The fraction of sp³-hybridized carbons (Fsp3) is 0.412. The highest BCUT2D eigenvalue weighted by Gasteiger charge is 2.23. The van der Waals surface area contributed by atoms with Gasteiger partial charge in [0.25, 0.3) is 5.91 Å². The van der Waals surface area contributed by atoms with Gasteiger partial charge in [-0.25, -0.2) is 9.97 Å². The van der Waals surface area contributed by atoms with Gasteiger partial charge in [-0.1, -0.05) is 13.0 Å². The van der Waals surface area contributed by atoms with E-state index < -0.39 is 0 Å². The predicted octanol–water partition coefficient (Wildman–Crippen LogP) is 2.36. The summed E-state index contributed by atoms with van der Waals surface area (Å²) in [7, 11) is 0. The Balaban J connectivity index is 1.66. The van der Waals surface area contributed by atoms with Crippen molar-refractivity contribution in [3.63, 3.8) is 0 Å². The lowest BCUT2D eigenvalue weighted by Crippen LogP contribution is -2.39. The molecule has 0 bridgehead atoms. The highest BCUT2D eigenvalue weighted by atomic mass is 16.2. The van der Waals surface area contributed by atoms with Gasteiger partial charge in [0.15, 0.2) is 0 Å². The lowest BCUT2D eigenvalue weighted by atomic mass is 10.00. The minimum Gasteiger partial charge on any atom is -0.364 e. The zero-order valence-corrected chi connectivity index (χ0v) is 13.3. The molecule has 1 amide bonds. The minimum absolute atomic E-state index is 0.0140. The summed E-state index contributed by atoms with van der Waals surface area (Å²) in [6.07, 6.45) is 5.43. The standard InChI is InChI=1S/C17H21N5O/c1-13-5-4-8-22(11-13)17(23)15-9-16(21-12-20-15)19-10-14-6-2-3-7-18-14/h2-3,6-7,9,12-13H,4-5,8,10-11H2,1H3,(H,19,20,21). The van der Waals surface area contributed by atoms with Crippen LogP contribution in [0.1, 0.15) is 35.9 Å². The van der Waals surface area contributed by atoms with E-state index in [1.165, 1.54) is 12.7 Å². The maximum atomic E-state index is 12.6. The van der Waals surface area contributed by atoms with Crippen LogP contribution in [-0.2, 0) is 6.54 Å². The number of rotatable bonds is 4. The molecule has 0 spiro atoms. The van der Waals surface area contributed by atoms with Crippen LogP contribution < -0.4 is 5.32 Å². The number of pyridine rings is 1. The minimum atomic E-state index is -0.0140. The van der Waals surface area contributed by atoms with Gasteiger partial charge < -0.3 is 10.2 Å². The summed E-state index contributed by atoms with van der Waals surface area (Å²) >= 11 is 0. The molecule has 1 N–H and O–H groups in total. The second kappa shape index (κ2) is 7.17. The number of carbonyl (C=O) groups is 1. The van der Waals surface area contributed by atoms with Crippen LogP contribution in [0.4, 0.5) is 5.82 Å². The summed E-state index contributed by atoms with van der Waals surface area (Å²) in [5.74, 6) is 1.18. The summed E-state index contributed by atoms with van der Waals surface area (Å²) < 4.78 is 0. The van der Waals surface area contributed by atoms with E-state index in [9.17, 15) is 4.79 Å². The van der Waals surface area contributed by atoms with E-state index in [4.69, 9.17) is 0 Å². The maximum absolute atomic E-state index is 12.6. The summed E-state index contributed by atoms with van der Waals surface area (Å²) in [6.45, 7) is 4.36. The Kier molecular flexibility index (Phi) is 4.80. The van der Waals surface area contributed by atoms with Gasteiger partial charge in [0.1, 0.15) is 17.8 Å². The molecule has 2 aromatic heterocycles. The van der Waals surface area contributed by atoms with Crippen LogP contribution in [-0.4, -0.2) is 38.8 Å². The molecule has 1 saturated heterocycles. The molecule has 6 heteroatoms. The monoisotopic (exact) mass is 311 g/mol. The van der Waals surface area contributed by atoms with Crippen molar-refractivity contribution < 1.29 is 4.79 Å². The molecule has 1 fully saturated rings. The third-order valence-electron chi connectivity index (χ3n) is 4.01. The van der Waals surface area contributed by atoms with Crippen molar-refractivity contribution in [2.75, 3.05) is 18.4 Å². The zero-order valence-electron chi connectivity index (χ0n) is 13.3. The lowest BCUT2D eigenvalue weighted by Gasteiger charge is -2.30. The van der Waals surface area contributed by atoms with Gasteiger partial charge in [0, 0.05) is 25.4 Å². The van der Waals surface area contributed by atoms with Crippen molar-refractivity contribution in [2.24, 2.45) is 5.92 Å². The zero-order chi connectivity index (χ0) is 16.1. The highest BCUT2D eigenvalue weighted by molar-refractivity contribution is 5.93. The molecule has 120 valence electrons. The number of hydrogen-bond acceptors (Lipinski definition) is 5. The second-order valence-electron chi connectivity index (χ2n) is 5.96. The number of amides is 1. The van der Waals surface area contributed by atoms with Crippen LogP contribution in [0.5, 0.6) is 0 Å². The average molecular weight is 311 g/mol. The number of hydrogen-bond donors (Lipinski definition) is 1. The fourth-order valence-corrected chi connectivity index (χ4v) is 2.79. The molecular weight excluding hydrogens is 290 g/mol. The largest absolute Gasteiger partial charge is 0.364 e. The van der Waals surface area contributed by atoms with Crippen molar-refractivity contribution in [3.8, 4) is 0 Å². The summed E-state index contributed by atoms with van der Waals surface area (Å²) in [5.41, 5.74) is 1.36. The van der Waals surface area contributed by atoms with Gasteiger partial charge in [-0.05, 0) is 30.9 Å². The van der Waals surface area contributed by atoms with E-state index in [-0.39, 0.29) is 5.91 Å². The van der Waals surface area contributed by atoms with Crippen molar-refractivity contribution in [3.05, 3.63) is 48.2 Å². The van der Waals surface area contributed by atoms with Crippen LogP contribution in [0, 0.1) is 5.92 Å². The molecule has 6 nitrogen and oxygen atoms in total. The molecule has 0 aromatic carbocycles. The van der Waals surface area contributed by atoms with Crippen LogP contribution in [0.15, 0.2) is 36.8 Å². The maximum Gasteiger partial charge on any atom is 0.272 e. The Hall–Kier alpha value is -2.50. The van der Waals surface area contributed by atoms with Gasteiger partial charge >= 0.3 is 0 Å². The van der Waals surface area contributed by atoms with Crippen molar-refractivity contribution in [1.29, 1.82) is 0 Å². The van der Waals surface area contributed by atoms with E-state index in [1.54, 1.807) is 12.3 Å². The number of carbonyl (C=O) groups excluding carboxylic acids is 1. The Bertz CT molecular complexity index is 661. The Morgan fingerprint density at radius 2 is 2.26 bits per heavy atom. The Morgan fingerprint density at radius 1 is 1.35 bits per heavy atom. The van der Waals surface area contributed by atoms with Gasteiger partial charge in [-0.3, -0.25) is 9.78 Å². The number of nitrogens with zero attached hydrogens (tertiary/aromatic N) is 4. The first-order chi connectivity index (χ1) is 11.2. The molecule has 1 aliphatic rings. The number of likely N-dealkylation sites (tertiary alicyclic amines) is 1. The van der Waals surface area contributed by atoms with E-state index in [1.807, 2.05) is 23.1 Å². The molecule has 3 rings (SSSR count). The van der Waals surface area contributed by atoms with Gasteiger partial charge in [-0.15, -0.1) is 0 Å². The molecule has 1 aliphatic heterocycles. The van der Waals surface area contributed by atoms with Gasteiger partial charge in [0.05, 0.1) is 12.2 Å². The van der Waals surface area contributed by atoms with Crippen LogP contribution >= 0.6 is 0 Å². The molecule has 0 saturated carbocycles. The smallest absolute Gasteiger partial charge is 0.272 e. The number of piperidine rings is 1. The molecule has 23 heavy (non-hydrogen) atoms. The Labute approximate surface area is 136 Å². The van der Waals surface area contributed by atoms with Crippen LogP contribution in [0.3, 0.4) is 0 Å². The predicted molar refractivity (Wildman–Crippen MR) is 87.9 cm³/mol. The van der Waals surface area contributed by atoms with E-state index in [0.29, 0.717) is 24.0 Å². The quantitative estimate of drug-likeness (QED) is 0.938. The summed E-state index contributed by atoms with van der Waals surface area (Å²) in [5, 5.41) is 3.18. The molecule has 0 radical (unpaired) electrons. The molecule has 1 unspecified atom stereocenters. The molecule has 3 heterocycles. The first kappa shape index (κ1) is 15.4. The second-order valence-corrected chi connectivity index (χ2v) is 5.96. The average Bonchev–Trinajstić information content (AvgIpc) is 2.60. The van der Waals surface area contributed by atoms with E-state index in [2.05, 4.69) is 27.2 Å². The SMILES string of the molecule is CC1CCCN(C(=O)c2cc(NCc3ccccn3)ncn2)C1. The Morgan fingerprint density at radius 3 is 3.04 bits per heavy atom. The van der Waals surface area contributed by atoms with Gasteiger partial charge in [0.2, 0.25) is 0 Å². The number of anilines is 1.